The molecule has 0 spiro atoms. The number of hydrogen-bond donors (Lipinski definition) is 1. The lowest BCUT2D eigenvalue weighted by Gasteiger charge is -2.11. The molecule has 6 heteroatoms. The van der Waals surface area contributed by atoms with Crippen LogP contribution < -0.4 is 5.32 Å². The van der Waals surface area contributed by atoms with Gasteiger partial charge in [0, 0.05) is 16.1 Å². The van der Waals surface area contributed by atoms with E-state index >= 15 is 0 Å². The molecule has 0 saturated heterocycles. The Morgan fingerprint density at radius 1 is 1.00 bits per heavy atom. The minimum Gasteiger partial charge on any atom is -0.461 e. The topological polar surface area (TPSA) is 67.8 Å². The van der Waals surface area contributed by atoms with Crippen molar-refractivity contribution in [1.29, 1.82) is 0 Å². The van der Waals surface area contributed by atoms with E-state index in [9.17, 15) is 9.59 Å². The Hall–Kier alpha value is -3.44. The van der Waals surface area contributed by atoms with Gasteiger partial charge < -0.3 is 10.1 Å². The Balaban J connectivity index is 1.61. The highest BCUT2D eigenvalue weighted by Gasteiger charge is 2.28. The SMILES string of the molecule is O=C(C[C@H]1N=C(c2ccccc2)c2cc(Cl)ccc2NC1=O)OCc1ccccc1. The maximum Gasteiger partial charge on any atom is 0.308 e. The predicted octanol–water partition coefficient (Wildman–Crippen LogP) is 4.63. The maximum atomic E-state index is 12.8. The number of benzene rings is 3. The van der Waals surface area contributed by atoms with Crippen LogP contribution in [0.2, 0.25) is 5.02 Å². The molecule has 0 unspecified atom stereocenters. The number of esters is 1. The quantitative estimate of drug-likeness (QED) is 0.614. The van der Waals surface area contributed by atoms with E-state index in [1.807, 2.05) is 60.7 Å². The fraction of sp³-hybridized carbons (Fsp3) is 0.125. The van der Waals surface area contributed by atoms with Gasteiger partial charge in [-0.15, -0.1) is 0 Å². The summed E-state index contributed by atoms with van der Waals surface area (Å²) in [5, 5.41) is 3.39. The van der Waals surface area contributed by atoms with E-state index in [0.717, 1.165) is 11.1 Å². The van der Waals surface area contributed by atoms with Gasteiger partial charge in [0.05, 0.1) is 17.8 Å². The number of aliphatic imine (C=N–C) groups is 1. The van der Waals surface area contributed by atoms with Crippen molar-refractivity contribution in [2.24, 2.45) is 4.99 Å². The smallest absolute Gasteiger partial charge is 0.308 e. The minimum absolute atomic E-state index is 0.152. The molecule has 1 heterocycles. The summed E-state index contributed by atoms with van der Waals surface area (Å²) in [5.41, 5.74) is 3.63. The van der Waals surface area contributed by atoms with Crippen LogP contribution in [0.25, 0.3) is 0 Å². The molecule has 5 nitrogen and oxygen atoms in total. The average Bonchev–Trinajstić information content (AvgIpc) is 2.90. The van der Waals surface area contributed by atoms with Crippen molar-refractivity contribution in [3.8, 4) is 0 Å². The van der Waals surface area contributed by atoms with E-state index in [1.54, 1.807) is 18.2 Å². The van der Waals surface area contributed by atoms with E-state index in [0.29, 0.717) is 22.0 Å². The summed E-state index contributed by atoms with van der Waals surface area (Å²) in [5.74, 6) is -0.847. The summed E-state index contributed by atoms with van der Waals surface area (Å²) in [7, 11) is 0. The lowest BCUT2D eigenvalue weighted by molar-refractivity contribution is -0.146. The summed E-state index contributed by atoms with van der Waals surface area (Å²) in [6.07, 6.45) is -0.156. The van der Waals surface area contributed by atoms with Crippen LogP contribution in [0.15, 0.2) is 83.9 Å². The zero-order valence-electron chi connectivity index (χ0n) is 16.0. The van der Waals surface area contributed by atoms with E-state index < -0.39 is 12.0 Å². The standard InChI is InChI=1S/C24H19ClN2O3/c25-18-11-12-20-19(13-18)23(17-9-5-2-6-10-17)26-21(24(29)27-20)14-22(28)30-15-16-7-3-1-4-8-16/h1-13,21H,14-15H2,(H,27,29)/t21-/m1/s1. The first kappa shape index (κ1) is 19.9. The second-order valence-electron chi connectivity index (χ2n) is 6.89. The third-order valence-electron chi connectivity index (χ3n) is 4.73. The molecular weight excluding hydrogens is 400 g/mol. The molecule has 1 atom stereocenters. The van der Waals surface area contributed by atoms with Crippen LogP contribution in [0.5, 0.6) is 0 Å². The summed E-state index contributed by atoms with van der Waals surface area (Å²) >= 11 is 6.20. The van der Waals surface area contributed by atoms with E-state index in [2.05, 4.69) is 10.3 Å². The Kier molecular flexibility index (Phi) is 5.91. The highest BCUT2D eigenvalue weighted by molar-refractivity contribution is 6.32. The number of carbonyl (C=O) groups is 2. The Morgan fingerprint density at radius 2 is 1.70 bits per heavy atom. The van der Waals surface area contributed by atoms with Gasteiger partial charge in [-0.25, -0.2) is 0 Å². The second kappa shape index (κ2) is 8.93. The molecule has 0 radical (unpaired) electrons. The molecule has 0 aliphatic carbocycles. The number of fused-ring (bicyclic) bond motifs is 1. The number of hydrogen-bond acceptors (Lipinski definition) is 4. The van der Waals surface area contributed by atoms with Gasteiger partial charge in [-0.05, 0) is 23.8 Å². The average molecular weight is 419 g/mol. The molecular formula is C24H19ClN2O3. The van der Waals surface area contributed by atoms with Crippen LogP contribution >= 0.6 is 11.6 Å². The van der Waals surface area contributed by atoms with Crippen LogP contribution in [-0.4, -0.2) is 23.6 Å². The van der Waals surface area contributed by atoms with Crippen molar-refractivity contribution in [2.45, 2.75) is 19.1 Å². The number of benzodiazepines with no additional fused rings is 1. The molecule has 1 aliphatic heterocycles. The Labute approximate surface area is 179 Å². The molecule has 150 valence electrons. The van der Waals surface area contributed by atoms with Gasteiger partial charge in [-0.2, -0.15) is 0 Å². The van der Waals surface area contributed by atoms with Gasteiger partial charge in [0.2, 0.25) is 5.91 Å². The number of rotatable bonds is 5. The van der Waals surface area contributed by atoms with Crippen LogP contribution in [0, 0.1) is 0 Å². The number of nitrogens with zero attached hydrogens (tertiary/aromatic N) is 1. The van der Waals surface area contributed by atoms with Gasteiger partial charge in [0.25, 0.3) is 0 Å². The molecule has 30 heavy (non-hydrogen) atoms. The lowest BCUT2D eigenvalue weighted by Crippen LogP contribution is -2.28. The fourth-order valence-corrected chi connectivity index (χ4v) is 3.41. The third-order valence-corrected chi connectivity index (χ3v) is 4.97. The maximum absolute atomic E-state index is 12.8. The minimum atomic E-state index is -0.908. The third kappa shape index (κ3) is 4.58. The number of carbonyl (C=O) groups excluding carboxylic acids is 2. The highest BCUT2D eigenvalue weighted by atomic mass is 35.5. The van der Waals surface area contributed by atoms with E-state index in [4.69, 9.17) is 16.3 Å². The number of anilines is 1. The number of halogens is 1. The van der Waals surface area contributed by atoms with Crippen molar-refractivity contribution in [3.63, 3.8) is 0 Å². The lowest BCUT2D eigenvalue weighted by atomic mass is 10.0. The summed E-state index contributed by atoms with van der Waals surface area (Å²) in [4.78, 5) is 29.9. The molecule has 0 aromatic heterocycles. The van der Waals surface area contributed by atoms with Crippen molar-refractivity contribution in [1.82, 2.24) is 0 Å². The van der Waals surface area contributed by atoms with Gasteiger partial charge in [-0.1, -0.05) is 72.3 Å². The van der Waals surface area contributed by atoms with Crippen LogP contribution in [0.4, 0.5) is 5.69 Å². The molecule has 4 rings (SSSR count). The van der Waals surface area contributed by atoms with Gasteiger partial charge in [0.15, 0.2) is 0 Å². The normalized spacial score (nSPS) is 15.4. The van der Waals surface area contributed by atoms with Gasteiger partial charge in [0.1, 0.15) is 12.6 Å². The zero-order chi connectivity index (χ0) is 20.9. The predicted molar refractivity (Wildman–Crippen MR) is 117 cm³/mol. The van der Waals surface area contributed by atoms with Gasteiger partial charge in [-0.3, -0.25) is 14.6 Å². The molecule has 1 amide bonds. The molecule has 0 bridgehead atoms. The first-order valence-corrected chi connectivity index (χ1v) is 9.91. The van der Waals surface area contributed by atoms with Crippen molar-refractivity contribution in [3.05, 3.63) is 101 Å². The first-order chi connectivity index (χ1) is 14.6. The van der Waals surface area contributed by atoms with Crippen molar-refractivity contribution < 1.29 is 14.3 Å². The van der Waals surface area contributed by atoms with E-state index in [-0.39, 0.29) is 18.9 Å². The monoisotopic (exact) mass is 418 g/mol. The molecule has 1 aliphatic rings. The fourth-order valence-electron chi connectivity index (χ4n) is 3.24. The Bertz CT molecular complexity index is 1100. The number of amides is 1. The van der Waals surface area contributed by atoms with Gasteiger partial charge >= 0.3 is 5.97 Å². The zero-order valence-corrected chi connectivity index (χ0v) is 16.8. The van der Waals surface area contributed by atoms with Crippen LogP contribution in [-0.2, 0) is 20.9 Å². The number of ether oxygens (including phenoxy) is 1. The number of nitrogens with one attached hydrogen (secondary N) is 1. The van der Waals surface area contributed by atoms with Crippen molar-refractivity contribution >= 4 is 34.9 Å². The summed E-state index contributed by atoms with van der Waals surface area (Å²) < 4.78 is 5.35. The largest absolute Gasteiger partial charge is 0.461 e. The molecule has 0 fully saturated rings. The molecule has 3 aromatic rings. The second-order valence-corrected chi connectivity index (χ2v) is 7.33. The molecule has 1 N–H and O–H groups in total. The Morgan fingerprint density at radius 3 is 2.43 bits per heavy atom. The van der Waals surface area contributed by atoms with Crippen LogP contribution in [0.3, 0.4) is 0 Å². The summed E-state index contributed by atoms with van der Waals surface area (Å²) in [6, 6.07) is 23.2. The summed E-state index contributed by atoms with van der Waals surface area (Å²) in [6.45, 7) is 0.152. The van der Waals surface area contributed by atoms with Crippen molar-refractivity contribution in [2.75, 3.05) is 5.32 Å². The highest BCUT2D eigenvalue weighted by Crippen LogP contribution is 2.28. The molecule has 0 saturated carbocycles. The van der Waals surface area contributed by atoms with Crippen LogP contribution in [0.1, 0.15) is 23.1 Å². The van der Waals surface area contributed by atoms with E-state index in [1.165, 1.54) is 0 Å². The molecule has 3 aromatic carbocycles. The first-order valence-electron chi connectivity index (χ1n) is 9.54.